The van der Waals surface area contributed by atoms with Gasteiger partial charge in [0.25, 0.3) is 0 Å². The first kappa shape index (κ1) is 16.2. The molecule has 0 aliphatic rings. The minimum absolute atomic E-state index is 0. The standard InChI is InChI=1S/C8H6N2O.C5H5N.HI/c1-6(11)8-4-2-3-7(5-9)10-8;1-2-4-6-5-3-1;/h2-4H,1H3;1-5H;1H. The normalized spacial score (nSPS) is 8.00. The van der Waals surface area contributed by atoms with Crippen LogP contribution in [-0.2, 0) is 0 Å². The Morgan fingerprint density at radius 3 is 2.22 bits per heavy atom. The van der Waals surface area contributed by atoms with Crippen LogP contribution in [0.15, 0.2) is 48.8 Å². The highest BCUT2D eigenvalue weighted by Gasteiger charge is 2.00. The third-order valence-electron chi connectivity index (χ3n) is 1.79. The number of hydrogen-bond acceptors (Lipinski definition) is 4. The monoisotopic (exact) mass is 353 g/mol. The van der Waals surface area contributed by atoms with Crippen molar-refractivity contribution in [1.29, 1.82) is 5.26 Å². The van der Waals surface area contributed by atoms with Crippen molar-refractivity contribution in [2.45, 2.75) is 6.92 Å². The van der Waals surface area contributed by atoms with Crippen LogP contribution in [0.3, 0.4) is 0 Å². The maximum absolute atomic E-state index is 10.7. The van der Waals surface area contributed by atoms with Gasteiger partial charge >= 0.3 is 0 Å². The fourth-order valence-corrected chi connectivity index (χ4v) is 1.01. The van der Waals surface area contributed by atoms with E-state index in [1.807, 2.05) is 24.3 Å². The predicted molar refractivity (Wildman–Crippen MR) is 78.6 cm³/mol. The topological polar surface area (TPSA) is 66.6 Å². The zero-order chi connectivity index (χ0) is 12.5. The highest BCUT2D eigenvalue weighted by Crippen LogP contribution is 1.98. The fourth-order valence-electron chi connectivity index (χ4n) is 1.01. The minimum atomic E-state index is -0.123. The van der Waals surface area contributed by atoms with Crippen LogP contribution in [0.1, 0.15) is 23.1 Å². The molecule has 18 heavy (non-hydrogen) atoms. The molecule has 2 aromatic rings. The van der Waals surface area contributed by atoms with Gasteiger partial charge in [0.1, 0.15) is 17.5 Å². The third-order valence-corrected chi connectivity index (χ3v) is 1.79. The van der Waals surface area contributed by atoms with Gasteiger partial charge in [-0.3, -0.25) is 9.78 Å². The SMILES string of the molecule is CC(=O)c1cccc(C#N)n1.I.c1ccncc1. The summed E-state index contributed by atoms with van der Waals surface area (Å²) in [5.41, 5.74) is 0.613. The fraction of sp³-hybridized carbons (Fsp3) is 0.0769. The van der Waals surface area contributed by atoms with Crippen molar-refractivity contribution in [3.05, 3.63) is 60.2 Å². The molecule has 0 aliphatic heterocycles. The lowest BCUT2D eigenvalue weighted by atomic mass is 10.2. The van der Waals surface area contributed by atoms with E-state index in [1.165, 1.54) is 6.92 Å². The maximum atomic E-state index is 10.7. The number of aromatic nitrogens is 2. The van der Waals surface area contributed by atoms with Crippen molar-refractivity contribution >= 4 is 29.8 Å². The molecule has 0 saturated heterocycles. The zero-order valence-electron chi connectivity index (χ0n) is 9.78. The summed E-state index contributed by atoms with van der Waals surface area (Å²) in [5, 5.41) is 8.42. The molecule has 0 fully saturated rings. The van der Waals surface area contributed by atoms with E-state index < -0.39 is 0 Å². The van der Waals surface area contributed by atoms with E-state index in [0.29, 0.717) is 5.69 Å². The second kappa shape index (κ2) is 9.24. The molecule has 0 saturated carbocycles. The van der Waals surface area contributed by atoms with E-state index in [0.717, 1.165) is 0 Å². The maximum Gasteiger partial charge on any atom is 0.178 e. The summed E-state index contributed by atoms with van der Waals surface area (Å²) in [4.78, 5) is 18.3. The van der Waals surface area contributed by atoms with Crippen LogP contribution in [0, 0.1) is 11.3 Å². The van der Waals surface area contributed by atoms with E-state index in [2.05, 4.69) is 9.97 Å². The highest BCUT2D eigenvalue weighted by molar-refractivity contribution is 14.0. The number of pyridine rings is 2. The van der Waals surface area contributed by atoms with Gasteiger partial charge < -0.3 is 0 Å². The third kappa shape index (κ3) is 6.06. The summed E-state index contributed by atoms with van der Waals surface area (Å²) in [6.07, 6.45) is 3.50. The molecule has 0 unspecified atom stereocenters. The van der Waals surface area contributed by atoms with Crippen molar-refractivity contribution in [3.8, 4) is 6.07 Å². The molecule has 0 aromatic carbocycles. The first-order chi connectivity index (χ1) is 8.24. The molecule has 0 spiro atoms. The average molecular weight is 353 g/mol. The van der Waals surface area contributed by atoms with E-state index >= 15 is 0 Å². The summed E-state index contributed by atoms with van der Waals surface area (Å²) in [7, 11) is 0. The first-order valence-corrected chi connectivity index (χ1v) is 4.97. The Bertz CT molecular complexity index is 497. The Morgan fingerprint density at radius 2 is 1.83 bits per heavy atom. The molecule has 0 bridgehead atoms. The molecule has 0 atom stereocenters. The van der Waals surface area contributed by atoms with Gasteiger partial charge in [0, 0.05) is 19.3 Å². The molecule has 0 aliphatic carbocycles. The molecular formula is C13H12IN3O. The number of rotatable bonds is 1. The Labute approximate surface area is 123 Å². The van der Waals surface area contributed by atoms with E-state index in [-0.39, 0.29) is 35.5 Å². The van der Waals surface area contributed by atoms with Crippen LogP contribution >= 0.6 is 24.0 Å². The van der Waals surface area contributed by atoms with Crippen molar-refractivity contribution in [2.75, 3.05) is 0 Å². The Morgan fingerprint density at radius 1 is 1.17 bits per heavy atom. The van der Waals surface area contributed by atoms with E-state index in [1.54, 1.807) is 30.6 Å². The van der Waals surface area contributed by atoms with Gasteiger partial charge in [0.05, 0.1) is 0 Å². The van der Waals surface area contributed by atoms with Gasteiger partial charge in [-0.1, -0.05) is 12.1 Å². The van der Waals surface area contributed by atoms with Crippen LogP contribution in [0.25, 0.3) is 0 Å². The second-order valence-electron chi connectivity index (χ2n) is 3.10. The number of nitrogens with zero attached hydrogens (tertiary/aromatic N) is 3. The number of halogens is 1. The lowest BCUT2D eigenvalue weighted by Gasteiger charge is -1.92. The molecule has 5 heteroatoms. The van der Waals surface area contributed by atoms with Gasteiger partial charge in [-0.2, -0.15) is 5.26 Å². The van der Waals surface area contributed by atoms with Crippen LogP contribution in [0.4, 0.5) is 0 Å². The van der Waals surface area contributed by atoms with Crippen LogP contribution in [0.2, 0.25) is 0 Å². The van der Waals surface area contributed by atoms with Gasteiger partial charge in [0.2, 0.25) is 0 Å². The molecule has 2 heterocycles. The molecule has 92 valence electrons. The molecular weight excluding hydrogens is 341 g/mol. The minimum Gasteiger partial charge on any atom is -0.293 e. The van der Waals surface area contributed by atoms with Crippen molar-refractivity contribution in [2.24, 2.45) is 0 Å². The van der Waals surface area contributed by atoms with E-state index in [9.17, 15) is 4.79 Å². The molecule has 2 aromatic heterocycles. The van der Waals surface area contributed by atoms with Gasteiger partial charge in [-0.25, -0.2) is 4.98 Å². The number of carbonyl (C=O) groups is 1. The number of hydrogen-bond donors (Lipinski definition) is 0. The largest absolute Gasteiger partial charge is 0.293 e. The summed E-state index contributed by atoms with van der Waals surface area (Å²) in [6, 6.07) is 12.4. The van der Waals surface area contributed by atoms with Crippen LogP contribution < -0.4 is 0 Å². The lowest BCUT2D eigenvalue weighted by Crippen LogP contribution is -1.97. The van der Waals surface area contributed by atoms with Crippen LogP contribution in [-0.4, -0.2) is 15.8 Å². The summed E-state index contributed by atoms with van der Waals surface area (Å²) in [5.74, 6) is -0.123. The average Bonchev–Trinajstić information content (AvgIpc) is 2.41. The molecule has 0 N–H and O–H groups in total. The quantitative estimate of drug-likeness (QED) is 0.584. The number of Topliss-reactive ketones (excluding diaryl/α,β-unsaturated/α-hetero) is 1. The van der Waals surface area contributed by atoms with Crippen molar-refractivity contribution in [1.82, 2.24) is 9.97 Å². The van der Waals surface area contributed by atoms with Crippen molar-refractivity contribution < 1.29 is 4.79 Å². The van der Waals surface area contributed by atoms with E-state index in [4.69, 9.17) is 5.26 Å². The lowest BCUT2D eigenvalue weighted by molar-refractivity contribution is 0.101. The number of carbonyl (C=O) groups excluding carboxylic acids is 1. The summed E-state index contributed by atoms with van der Waals surface area (Å²) in [6.45, 7) is 1.42. The van der Waals surface area contributed by atoms with Gasteiger partial charge in [-0.05, 0) is 24.3 Å². The number of ketones is 1. The molecule has 2 rings (SSSR count). The highest BCUT2D eigenvalue weighted by atomic mass is 127. The number of nitriles is 1. The summed E-state index contributed by atoms with van der Waals surface area (Å²) < 4.78 is 0. The summed E-state index contributed by atoms with van der Waals surface area (Å²) >= 11 is 0. The Kier molecular flexibility index (Phi) is 8.31. The Hall–Kier alpha value is -1.81. The molecule has 0 amide bonds. The molecule has 4 nitrogen and oxygen atoms in total. The molecule has 0 radical (unpaired) electrons. The smallest absolute Gasteiger partial charge is 0.178 e. The van der Waals surface area contributed by atoms with Gasteiger partial charge in [-0.15, -0.1) is 24.0 Å². The second-order valence-corrected chi connectivity index (χ2v) is 3.10. The van der Waals surface area contributed by atoms with Crippen LogP contribution in [0.5, 0.6) is 0 Å². The van der Waals surface area contributed by atoms with Gasteiger partial charge in [0.15, 0.2) is 5.78 Å². The predicted octanol–water partition coefficient (Wildman–Crippen LogP) is 2.86. The Balaban J connectivity index is 0.000000352. The zero-order valence-corrected chi connectivity index (χ0v) is 12.1. The van der Waals surface area contributed by atoms with Crippen molar-refractivity contribution in [3.63, 3.8) is 0 Å². The first-order valence-electron chi connectivity index (χ1n) is 4.97.